The van der Waals surface area contributed by atoms with Crippen molar-refractivity contribution in [1.82, 2.24) is 24.9 Å². The lowest BCUT2D eigenvalue weighted by atomic mass is 9.72. The van der Waals surface area contributed by atoms with Crippen LogP contribution in [0.1, 0.15) is 49.8 Å². The van der Waals surface area contributed by atoms with Gasteiger partial charge in [0.2, 0.25) is 5.88 Å². The van der Waals surface area contributed by atoms with Crippen LogP contribution in [-0.2, 0) is 37.0 Å². The average molecular weight is 538 g/mol. The van der Waals surface area contributed by atoms with Crippen molar-refractivity contribution in [2.24, 2.45) is 5.92 Å². The van der Waals surface area contributed by atoms with Crippen molar-refractivity contribution in [2.75, 3.05) is 25.6 Å². The third-order valence-electron chi connectivity index (χ3n) is 6.98. The number of sulfone groups is 1. The zero-order valence-corrected chi connectivity index (χ0v) is 22.2. The number of hydrogen-bond donors (Lipinski definition) is 0. The number of hydrogen-bond acceptors (Lipinski definition) is 10. The van der Waals surface area contributed by atoms with Gasteiger partial charge in [0.05, 0.1) is 41.6 Å². The van der Waals surface area contributed by atoms with E-state index in [0.717, 1.165) is 18.4 Å². The van der Waals surface area contributed by atoms with Gasteiger partial charge in [-0.15, -0.1) is 0 Å². The minimum Gasteiger partial charge on any atom is -0.477 e. The van der Waals surface area contributed by atoms with Gasteiger partial charge in [0.1, 0.15) is 11.6 Å². The molecular weight excluding hydrogens is 506 g/mol. The second kappa shape index (κ2) is 11.2. The molecular formula is C27H31N5O5S. The molecule has 1 saturated heterocycles. The molecule has 200 valence electrons. The smallest absolute Gasteiger partial charge is 0.232 e. The number of nitrogens with zero attached hydrogens (tertiary/aromatic N) is 5. The number of ether oxygens (including phenoxy) is 2. The molecule has 38 heavy (non-hydrogen) atoms. The van der Waals surface area contributed by atoms with Crippen LogP contribution < -0.4 is 4.74 Å². The van der Waals surface area contributed by atoms with Crippen LogP contribution in [0.3, 0.4) is 0 Å². The molecule has 3 aromatic heterocycles. The number of ketones is 1. The Hall–Kier alpha value is -3.31. The maximum atomic E-state index is 13.8. The monoisotopic (exact) mass is 537 g/mol. The highest BCUT2D eigenvalue weighted by Gasteiger charge is 2.43. The molecule has 4 heterocycles. The Balaban J connectivity index is 1.35. The highest BCUT2D eigenvalue weighted by Crippen LogP contribution is 2.36. The summed E-state index contributed by atoms with van der Waals surface area (Å²) in [6.45, 7) is 3.22. The molecule has 0 N–H and O–H groups in total. The van der Waals surface area contributed by atoms with Crippen molar-refractivity contribution < 1.29 is 22.7 Å². The van der Waals surface area contributed by atoms with Crippen LogP contribution in [0.2, 0.25) is 0 Å². The van der Waals surface area contributed by atoms with E-state index in [2.05, 4.69) is 24.9 Å². The molecule has 1 aliphatic heterocycles. The Labute approximate surface area is 222 Å². The van der Waals surface area contributed by atoms with E-state index in [1.165, 1.54) is 0 Å². The first-order valence-electron chi connectivity index (χ1n) is 12.9. The van der Waals surface area contributed by atoms with Crippen molar-refractivity contribution in [3.8, 4) is 17.1 Å². The first-order chi connectivity index (χ1) is 18.4. The lowest BCUT2D eigenvalue weighted by Gasteiger charge is -2.35. The summed E-state index contributed by atoms with van der Waals surface area (Å²) in [6, 6.07) is 5.39. The summed E-state index contributed by atoms with van der Waals surface area (Å²) < 4.78 is 36.2. The summed E-state index contributed by atoms with van der Waals surface area (Å²) in [5.74, 6) is 0.863. The third-order valence-corrected chi connectivity index (χ3v) is 8.66. The second-order valence-corrected chi connectivity index (χ2v) is 12.0. The molecule has 0 bridgehead atoms. The number of rotatable bonds is 11. The van der Waals surface area contributed by atoms with Crippen molar-refractivity contribution in [1.29, 1.82) is 0 Å². The quantitative estimate of drug-likeness (QED) is 0.359. The fraction of sp³-hybridized carbons (Fsp3) is 0.481. The molecule has 1 aliphatic carbocycles. The Kier molecular flexibility index (Phi) is 7.75. The third kappa shape index (κ3) is 6.21. The van der Waals surface area contributed by atoms with Gasteiger partial charge in [0, 0.05) is 43.3 Å². The van der Waals surface area contributed by atoms with Crippen LogP contribution in [0.5, 0.6) is 5.88 Å². The summed E-state index contributed by atoms with van der Waals surface area (Å²) in [6.07, 6.45) is 9.39. The predicted octanol–water partition coefficient (Wildman–Crippen LogP) is 2.91. The lowest BCUT2D eigenvalue weighted by molar-refractivity contribution is -0.127. The van der Waals surface area contributed by atoms with Gasteiger partial charge in [-0.25, -0.2) is 23.4 Å². The molecule has 11 heteroatoms. The van der Waals surface area contributed by atoms with Crippen LogP contribution in [-0.4, -0.2) is 64.7 Å². The minimum absolute atomic E-state index is 0.0235. The van der Waals surface area contributed by atoms with Gasteiger partial charge < -0.3 is 9.47 Å². The average Bonchev–Trinajstić information content (AvgIpc) is 3.73. The van der Waals surface area contributed by atoms with E-state index in [1.807, 2.05) is 19.1 Å². The molecule has 1 saturated carbocycles. The highest BCUT2D eigenvalue weighted by atomic mass is 32.2. The van der Waals surface area contributed by atoms with Gasteiger partial charge in [-0.1, -0.05) is 0 Å². The van der Waals surface area contributed by atoms with E-state index in [1.54, 1.807) is 30.9 Å². The topological polar surface area (TPSA) is 134 Å². The van der Waals surface area contributed by atoms with Crippen LogP contribution >= 0.6 is 0 Å². The molecule has 2 aliphatic rings. The molecule has 2 fully saturated rings. The fourth-order valence-corrected chi connectivity index (χ4v) is 6.45. The SMILES string of the molecule is CCOc1cncc(-c2ccc(CC(=O)C3(c4ccnc(CS(=O)(=O)CC5CC5)n4)CCOCC3)nc2)n1. The number of Topliss-reactive ketones (excluding diaryl/α,β-unsaturated/α-hetero) is 1. The second-order valence-electron chi connectivity index (χ2n) is 9.86. The maximum Gasteiger partial charge on any atom is 0.232 e. The summed E-state index contributed by atoms with van der Waals surface area (Å²) in [5, 5.41) is 0. The predicted molar refractivity (Wildman–Crippen MR) is 139 cm³/mol. The van der Waals surface area contributed by atoms with Crippen LogP contribution in [0.25, 0.3) is 11.3 Å². The summed E-state index contributed by atoms with van der Waals surface area (Å²) in [4.78, 5) is 35.7. The van der Waals surface area contributed by atoms with Gasteiger partial charge in [0.25, 0.3) is 0 Å². The number of carbonyl (C=O) groups is 1. The first-order valence-corrected chi connectivity index (χ1v) is 14.7. The summed E-state index contributed by atoms with van der Waals surface area (Å²) >= 11 is 0. The van der Waals surface area contributed by atoms with Gasteiger partial charge in [-0.3, -0.25) is 14.8 Å². The van der Waals surface area contributed by atoms with E-state index in [-0.39, 0.29) is 35.5 Å². The maximum absolute atomic E-state index is 13.8. The highest BCUT2D eigenvalue weighted by molar-refractivity contribution is 7.90. The Bertz CT molecular complexity index is 1390. The molecule has 0 radical (unpaired) electrons. The van der Waals surface area contributed by atoms with E-state index >= 15 is 0 Å². The largest absolute Gasteiger partial charge is 0.477 e. The normalized spacial score (nSPS) is 17.2. The number of aromatic nitrogens is 5. The van der Waals surface area contributed by atoms with E-state index in [4.69, 9.17) is 9.47 Å². The first kappa shape index (κ1) is 26.3. The zero-order chi connectivity index (χ0) is 26.6. The Morgan fingerprint density at radius 2 is 1.89 bits per heavy atom. The van der Waals surface area contributed by atoms with Crippen molar-refractivity contribution in [3.05, 3.63) is 60.2 Å². The van der Waals surface area contributed by atoms with E-state index in [0.29, 0.717) is 55.6 Å². The molecule has 5 rings (SSSR count). The molecule has 3 aromatic rings. The standard InChI is InChI=1S/C27H31N5O5S/c1-2-37-26-16-28-15-22(31-26)20-5-6-21(30-14-20)13-24(33)27(8-11-36-12-9-27)23-7-10-29-25(32-23)18-38(34,35)17-19-3-4-19/h5-7,10,14-16,19H,2-4,8-9,11-13,17-18H2,1H3. The van der Waals surface area contributed by atoms with E-state index < -0.39 is 15.3 Å². The number of carbonyl (C=O) groups excluding carboxylic acids is 1. The molecule has 0 atom stereocenters. The lowest BCUT2D eigenvalue weighted by Crippen LogP contribution is -2.43. The molecule has 0 spiro atoms. The number of pyridine rings is 1. The van der Waals surface area contributed by atoms with Crippen LogP contribution in [0, 0.1) is 5.92 Å². The van der Waals surface area contributed by atoms with Crippen molar-refractivity contribution in [3.63, 3.8) is 0 Å². The summed E-state index contributed by atoms with van der Waals surface area (Å²) in [5.41, 5.74) is 1.70. The fourth-order valence-electron chi connectivity index (χ4n) is 4.75. The van der Waals surface area contributed by atoms with Gasteiger partial charge in [-0.2, -0.15) is 0 Å². The van der Waals surface area contributed by atoms with E-state index in [9.17, 15) is 13.2 Å². The Morgan fingerprint density at radius 1 is 1.08 bits per heavy atom. The van der Waals surface area contributed by atoms with Crippen LogP contribution in [0.15, 0.2) is 43.0 Å². The molecule has 0 aromatic carbocycles. The Morgan fingerprint density at radius 3 is 2.61 bits per heavy atom. The van der Waals surface area contributed by atoms with Crippen molar-refractivity contribution >= 4 is 15.6 Å². The molecule has 10 nitrogen and oxygen atoms in total. The summed E-state index contributed by atoms with van der Waals surface area (Å²) in [7, 11) is -3.30. The molecule has 0 unspecified atom stereocenters. The molecule has 0 amide bonds. The van der Waals surface area contributed by atoms with Gasteiger partial charge in [0.15, 0.2) is 15.6 Å². The van der Waals surface area contributed by atoms with Gasteiger partial charge >= 0.3 is 0 Å². The van der Waals surface area contributed by atoms with Crippen molar-refractivity contribution in [2.45, 2.75) is 50.2 Å². The van der Waals surface area contributed by atoms with Crippen LogP contribution in [0.4, 0.5) is 0 Å². The van der Waals surface area contributed by atoms with Gasteiger partial charge in [-0.05, 0) is 56.7 Å². The minimum atomic E-state index is -3.30. The zero-order valence-electron chi connectivity index (χ0n) is 21.4.